The summed E-state index contributed by atoms with van der Waals surface area (Å²) in [7, 11) is 0. The van der Waals surface area contributed by atoms with E-state index in [4.69, 9.17) is 16.3 Å². The predicted octanol–water partition coefficient (Wildman–Crippen LogP) is 6.43. The lowest BCUT2D eigenvalue weighted by Crippen LogP contribution is -2.33. The first kappa shape index (κ1) is 27.9. The first-order valence-electron chi connectivity index (χ1n) is 13.9. The molecule has 4 heterocycles. The van der Waals surface area contributed by atoms with Crippen molar-refractivity contribution in [3.8, 4) is 5.75 Å². The van der Waals surface area contributed by atoms with Crippen LogP contribution < -0.4 is 15.0 Å². The highest BCUT2D eigenvalue weighted by Gasteiger charge is 2.24. The van der Waals surface area contributed by atoms with Crippen molar-refractivity contribution in [3.05, 3.63) is 88.2 Å². The molecule has 0 spiro atoms. The van der Waals surface area contributed by atoms with E-state index in [2.05, 4.69) is 34.0 Å². The number of nitrogens with one attached hydrogen (secondary N) is 1. The summed E-state index contributed by atoms with van der Waals surface area (Å²) < 4.78 is 22.7. The predicted molar refractivity (Wildman–Crippen MR) is 156 cm³/mol. The van der Waals surface area contributed by atoms with E-state index in [-0.39, 0.29) is 24.2 Å². The number of benzene rings is 1. The molecule has 0 radical (unpaired) electrons. The molecule has 1 N–H and O–H groups in total. The maximum Gasteiger partial charge on any atom is 0.270 e. The van der Waals surface area contributed by atoms with Crippen LogP contribution in [-0.4, -0.2) is 40.0 Å². The van der Waals surface area contributed by atoms with Gasteiger partial charge < -0.3 is 15.0 Å². The number of pyridine rings is 2. The van der Waals surface area contributed by atoms with Gasteiger partial charge in [-0.3, -0.25) is 9.20 Å². The van der Waals surface area contributed by atoms with Gasteiger partial charge in [-0.15, -0.1) is 0 Å². The number of imidazole rings is 1. The lowest BCUT2D eigenvalue weighted by Gasteiger charge is -2.33. The molecule has 1 aliphatic heterocycles. The highest BCUT2D eigenvalue weighted by molar-refractivity contribution is 6.30. The van der Waals surface area contributed by atoms with Crippen molar-refractivity contribution in [1.29, 1.82) is 0 Å². The Hall–Kier alpha value is -3.65. The van der Waals surface area contributed by atoms with E-state index in [1.807, 2.05) is 31.2 Å². The molecule has 9 heteroatoms. The summed E-state index contributed by atoms with van der Waals surface area (Å²) in [5.41, 5.74) is 3.25. The number of carbonyl (C=O) groups excluding carboxylic acids is 1. The summed E-state index contributed by atoms with van der Waals surface area (Å²) in [5.74, 6) is 1.80. The second-order valence-corrected chi connectivity index (χ2v) is 11.1. The molecule has 4 aromatic rings. The standard InChI is InChI=1S/C31H35ClFN5O2/c1-4-27-30(38-18-23(32)6-9-29(38)36-27)31(39)35-16-21-5-8-25(26(33)15-21)22-11-13-37(14-12-22)28-10-7-24(17-34-28)40-19-20(2)3/h5-10,15,17-18,20,22H,4,11-14,16,19H2,1-3H3,(H,35,39). The number of aryl methyl sites for hydroxylation is 1. The van der Waals surface area contributed by atoms with Crippen molar-refractivity contribution >= 4 is 29.0 Å². The van der Waals surface area contributed by atoms with Crippen molar-refractivity contribution in [2.75, 3.05) is 24.6 Å². The molecule has 1 aromatic carbocycles. The minimum absolute atomic E-state index is 0.142. The Bertz CT molecular complexity index is 1480. The Balaban J connectivity index is 1.18. The van der Waals surface area contributed by atoms with Crippen LogP contribution in [0.1, 0.15) is 66.8 Å². The van der Waals surface area contributed by atoms with Crippen molar-refractivity contribution in [1.82, 2.24) is 19.7 Å². The van der Waals surface area contributed by atoms with Crippen molar-refractivity contribution < 1.29 is 13.9 Å². The van der Waals surface area contributed by atoms with Crippen LogP contribution in [0.5, 0.6) is 5.75 Å². The van der Waals surface area contributed by atoms with Crippen molar-refractivity contribution in [2.45, 2.75) is 52.5 Å². The van der Waals surface area contributed by atoms with Gasteiger partial charge in [0.2, 0.25) is 0 Å². The van der Waals surface area contributed by atoms with E-state index >= 15 is 4.39 Å². The molecular weight excluding hydrogens is 529 g/mol. The van der Waals surface area contributed by atoms with E-state index in [1.54, 1.807) is 28.9 Å². The molecule has 5 rings (SSSR count). The van der Waals surface area contributed by atoms with E-state index in [0.717, 1.165) is 43.1 Å². The highest BCUT2D eigenvalue weighted by Crippen LogP contribution is 2.32. The van der Waals surface area contributed by atoms with Gasteiger partial charge in [-0.25, -0.2) is 14.4 Å². The fourth-order valence-electron chi connectivity index (χ4n) is 5.16. The summed E-state index contributed by atoms with van der Waals surface area (Å²) in [6.45, 7) is 8.68. The summed E-state index contributed by atoms with van der Waals surface area (Å²) >= 11 is 6.15. The zero-order valence-electron chi connectivity index (χ0n) is 23.2. The van der Waals surface area contributed by atoms with Crippen LogP contribution in [0.15, 0.2) is 54.9 Å². The van der Waals surface area contributed by atoms with Gasteiger partial charge in [0.15, 0.2) is 0 Å². The second kappa shape index (κ2) is 12.3. The second-order valence-electron chi connectivity index (χ2n) is 10.7. The topological polar surface area (TPSA) is 71.8 Å². The number of halogens is 2. The van der Waals surface area contributed by atoms with Crippen molar-refractivity contribution in [3.63, 3.8) is 0 Å². The molecule has 1 fully saturated rings. The monoisotopic (exact) mass is 563 g/mol. The molecule has 0 bridgehead atoms. The Kier molecular flexibility index (Phi) is 8.54. The fourth-order valence-corrected chi connectivity index (χ4v) is 5.32. The maximum atomic E-state index is 15.2. The SMILES string of the molecule is CCc1nc2ccc(Cl)cn2c1C(=O)NCc1ccc(C2CCN(c3ccc(OCC(C)C)cn3)CC2)c(F)c1. The van der Waals surface area contributed by atoms with Gasteiger partial charge in [0, 0.05) is 25.8 Å². The molecular formula is C31H35ClFN5O2. The van der Waals surface area contributed by atoms with Crippen LogP contribution in [-0.2, 0) is 13.0 Å². The lowest BCUT2D eigenvalue weighted by atomic mass is 9.88. The van der Waals surface area contributed by atoms with Crippen LogP contribution in [0.2, 0.25) is 5.02 Å². The summed E-state index contributed by atoms with van der Waals surface area (Å²) in [4.78, 5) is 24.4. The Morgan fingerprint density at radius 3 is 2.65 bits per heavy atom. The molecule has 1 aliphatic rings. The van der Waals surface area contributed by atoms with Gasteiger partial charge in [-0.2, -0.15) is 0 Å². The first-order valence-corrected chi connectivity index (χ1v) is 14.3. The molecule has 7 nitrogen and oxygen atoms in total. The van der Waals surface area contributed by atoms with Crippen molar-refractivity contribution in [2.24, 2.45) is 5.92 Å². The minimum Gasteiger partial charge on any atom is -0.492 e. The Morgan fingerprint density at radius 2 is 1.98 bits per heavy atom. The molecule has 0 unspecified atom stereocenters. The molecule has 0 aliphatic carbocycles. The number of piperidine rings is 1. The van der Waals surface area contributed by atoms with Crippen LogP contribution in [0.3, 0.4) is 0 Å². The Labute approximate surface area is 239 Å². The number of ether oxygens (including phenoxy) is 1. The molecule has 210 valence electrons. The molecule has 0 atom stereocenters. The van der Waals surface area contributed by atoms with E-state index in [0.29, 0.717) is 46.6 Å². The maximum absolute atomic E-state index is 15.2. The van der Waals surface area contributed by atoms with Crippen LogP contribution in [0, 0.1) is 11.7 Å². The number of rotatable bonds is 9. The van der Waals surface area contributed by atoms with E-state index in [9.17, 15) is 4.79 Å². The number of carbonyl (C=O) groups is 1. The number of nitrogens with zero attached hydrogens (tertiary/aromatic N) is 4. The zero-order chi connectivity index (χ0) is 28.2. The van der Waals surface area contributed by atoms with Gasteiger partial charge in [0.05, 0.1) is 23.5 Å². The largest absolute Gasteiger partial charge is 0.492 e. The fraction of sp³-hybridized carbons (Fsp3) is 0.387. The smallest absolute Gasteiger partial charge is 0.270 e. The molecule has 1 saturated heterocycles. The Morgan fingerprint density at radius 1 is 1.18 bits per heavy atom. The third-order valence-electron chi connectivity index (χ3n) is 7.29. The molecule has 0 saturated carbocycles. The quantitative estimate of drug-likeness (QED) is 0.254. The van der Waals surface area contributed by atoms with Gasteiger partial charge in [-0.05, 0) is 72.6 Å². The number of aromatic nitrogens is 3. The average molecular weight is 564 g/mol. The van der Waals surface area contributed by atoms with Crippen LogP contribution in [0.25, 0.3) is 5.65 Å². The van der Waals surface area contributed by atoms with E-state index in [1.165, 1.54) is 6.07 Å². The first-order chi connectivity index (χ1) is 19.3. The highest BCUT2D eigenvalue weighted by atomic mass is 35.5. The third-order valence-corrected chi connectivity index (χ3v) is 7.51. The third kappa shape index (κ3) is 6.22. The van der Waals surface area contributed by atoms with Gasteiger partial charge in [-0.1, -0.05) is 44.5 Å². The summed E-state index contributed by atoms with van der Waals surface area (Å²) in [5, 5.41) is 3.44. The van der Waals surface area contributed by atoms with Gasteiger partial charge in [0.25, 0.3) is 5.91 Å². The van der Waals surface area contributed by atoms with Gasteiger partial charge >= 0.3 is 0 Å². The number of hydrogen-bond donors (Lipinski definition) is 1. The average Bonchev–Trinajstić information content (AvgIpc) is 3.33. The molecule has 3 aromatic heterocycles. The number of hydrogen-bond acceptors (Lipinski definition) is 5. The number of fused-ring (bicyclic) bond motifs is 1. The molecule has 40 heavy (non-hydrogen) atoms. The van der Waals surface area contributed by atoms with E-state index < -0.39 is 0 Å². The molecule has 1 amide bonds. The number of anilines is 1. The van der Waals surface area contributed by atoms with Crippen LogP contribution >= 0.6 is 11.6 Å². The summed E-state index contributed by atoms with van der Waals surface area (Å²) in [6, 6.07) is 12.8. The summed E-state index contributed by atoms with van der Waals surface area (Å²) in [6.07, 6.45) is 5.76. The number of amides is 1. The lowest BCUT2D eigenvalue weighted by molar-refractivity contribution is 0.0944. The minimum atomic E-state index is -0.267. The van der Waals surface area contributed by atoms with Crippen LogP contribution in [0.4, 0.5) is 10.2 Å². The van der Waals surface area contributed by atoms with Gasteiger partial charge in [0.1, 0.15) is 28.7 Å². The normalized spacial score (nSPS) is 14.2. The zero-order valence-corrected chi connectivity index (χ0v) is 23.9.